The third kappa shape index (κ3) is 3.23. The molecule has 1 unspecified atom stereocenters. The number of halogens is 2. The summed E-state index contributed by atoms with van der Waals surface area (Å²) in [4.78, 5) is 29.1. The molecular formula is C18H16BrClN2O2. The van der Waals surface area contributed by atoms with Crippen molar-refractivity contribution in [3.63, 3.8) is 0 Å². The van der Waals surface area contributed by atoms with Crippen LogP contribution in [0.15, 0.2) is 39.9 Å². The molecule has 0 bridgehead atoms. The van der Waals surface area contributed by atoms with Crippen molar-refractivity contribution in [3.05, 3.63) is 44.9 Å². The van der Waals surface area contributed by atoms with Crippen LogP contribution in [0.25, 0.3) is 10.9 Å². The highest BCUT2D eigenvalue weighted by molar-refractivity contribution is 9.10. The predicted octanol–water partition coefficient (Wildman–Crippen LogP) is 4.70. The molecule has 0 saturated carbocycles. The minimum atomic E-state index is -0.473. The first-order valence-corrected chi connectivity index (χ1v) is 8.81. The number of pyridine rings is 1. The molecule has 6 heteroatoms. The normalized spacial score (nSPS) is 18.9. The number of hydrogen-bond acceptors (Lipinski definition) is 4. The molecule has 0 fully saturated rings. The maximum Gasteiger partial charge on any atom is 0.181 e. The van der Waals surface area contributed by atoms with Gasteiger partial charge >= 0.3 is 0 Å². The minimum absolute atomic E-state index is 0.0265. The van der Waals surface area contributed by atoms with Crippen LogP contribution in [0.4, 0.5) is 5.82 Å². The summed E-state index contributed by atoms with van der Waals surface area (Å²) in [6.45, 7) is 3.41. The van der Waals surface area contributed by atoms with E-state index in [2.05, 4.69) is 26.2 Å². The van der Waals surface area contributed by atoms with Crippen LogP contribution in [0.2, 0.25) is 5.02 Å². The van der Waals surface area contributed by atoms with Gasteiger partial charge in [0.15, 0.2) is 11.6 Å². The fraction of sp³-hybridized carbons (Fsp3) is 0.278. The standard InChI is InChI=1S/C18H16BrClN2O2/c1-9-10(2)18(24)14(5-6-16(9)23)21-17-8-13(20)12-4-3-11(19)7-15(12)22-17/h3-4,7-8,14H,5-6H2,1-2H3,(H,21,22). The Balaban J connectivity index is 1.95. The summed E-state index contributed by atoms with van der Waals surface area (Å²) in [5.74, 6) is 0.493. The monoisotopic (exact) mass is 406 g/mol. The van der Waals surface area contributed by atoms with Gasteiger partial charge in [-0.3, -0.25) is 9.59 Å². The molecule has 1 aromatic heterocycles. The molecule has 1 aromatic carbocycles. The van der Waals surface area contributed by atoms with Gasteiger partial charge < -0.3 is 5.32 Å². The number of hydrogen-bond donors (Lipinski definition) is 1. The molecule has 24 heavy (non-hydrogen) atoms. The van der Waals surface area contributed by atoms with Crippen LogP contribution >= 0.6 is 27.5 Å². The second kappa shape index (κ2) is 6.65. The number of anilines is 1. The highest BCUT2D eigenvalue weighted by atomic mass is 79.9. The molecule has 124 valence electrons. The molecule has 0 amide bonds. The van der Waals surface area contributed by atoms with E-state index in [1.54, 1.807) is 19.9 Å². The van der Waals surface area contributed by atoms with Crippen LogP contribution in [-0.2, 0) is 9.59 Å². The van der Waals surface area contributed by atoms with Crippen molar-refractivity contribution >= 4 is 55.8 Å². The fourth-order valence-corrected chi connectivity index (χ4v) is 3.41. The van der Waals surface area contributed by atoms with E-state index < -0.39 is 6.04 Å². The lowest BCUT2D eigenvalue weighted by atomic mass is 10.0. The summed E-state index contributed by atoms with van der Waals surface area (Å²) in [7, 11) is 0. The summed E-state index contributed by atoms with van der Waals surface area (Å²) in [5, 5.41) is 4.56. The summed E-state index contributed by atoms with van der Waals surface area (Å²) in [6, 6.07) is 6.91. The van der Waals surface area contributed by atoms with Crippen molar-refractivity contribution in [1.29, 1.82) is 0 Å². The first-order chi connectivity index (χ1) is 11.4. The molecule has 0 spiro atoms. The zero-order valence-electron chi connectivity index (χ0n) is 13.3. The van der Waals surface area contributed by atoms with Gasteiger partial charge in [-0.05, 0) is 44.0 Å². The third-order valence-electron chi connectivity index (χ3n) is 4.37. The topological polar surface area (TPSA) is 59.1 Å². The van der Waals surface area contributed by atoms with E-state index in [0.717, 1.165) is 15.4 Å². The number of Topliss-reactive ketones (excluding diaryl/α,β-unsaturated/α-hetero) is 2. The van der Waals surface area contributed by atoms with Gasteiger partial charge in [-0.25, -0.2) is 4.98 Å². The molecule has 1 N–H and O–H groups in total. The Morgan fingerprint density at radius 3 is 2.71 bits per heavy atom. The van der Waals surface area contributed by atoms with E-state index in [-0.39, 0.29) is 11.6 Å². The van der Waals surface area contributed by atoms with Crippen molar-refractivity contribution in [1.82, 2.24) is 4.98 Å². The lowest BCUT2D eigenvalue weighted by molar-refractivity contribution is -0.116. The van der Waals surface area contributed by atoms with E-state index in [0.29, 0.717) is 34.8 Å². The number of ketones is 2. The number of fused-ring (bicyclic) bond motifs is 1. The highest BCUT2D eigenvalue weighted by Gasteiger charge is 2.27. The Morgan fingerprint density at radius 2 is 1.96 bits per heavy atom. The smallest absolute Gasteiger partial charge is 0.181 e. The van der Waals surface area contributed by atoms with Crippen molar-refractivity contribution < 1.29 is 9.59 Å². The van der Waals surface area contributed by atoms with Gasteiger partial charge in [0, 0.05) is 21.9 Å². The van der Waals surface area contributed by atoms with Crippen molar-refractivity contribution in [2.24, 2.45) is 0 Å². The number of aromatic nitrogens is 1. The lowest BCUT2D eigenvalue weighted by Crippen LogP contribution is -2.30. The average Bonchev–Trinajstić information content (AvgIpc) is 2.62. The van der Waals surface area contributed by atoms with E-state index in [1.807, 2.05) is 18.2 Å². The first-order valence-electron chi connectivity index (χ1n) is 7.64. The molecule has 0 radical (unpaired) electrons. The molecule has 4 nitrogen and oxygen atoms in total. The SMILES string of the molecule is CC1=C(C)C(=O)C(Nc2cc(Cl)c3ccc(Br)cc3n2)CCC1=O. The fourth-order valence-electron chi connectivity index (χ4n) is 2.80. The third-order valence-corrected chi connectivity index (χ3v) is 5.18. The van der Waals surface area contributed by atoms with Gasteiger partial charge in [0.1, 0.15) is 5.82 Å². The Labute approximate surface area is 153 Å². The van der Waals surface area contributed by atoms with Gasteiger partial charge in [-0.15, -0.1) is 0 Å². The second-order valence-electron chi connectivity index (χ2n) is 5.92. The first kappa shape index (κ1) is 17.1. The van der Waals surface area contributed by atoms with Crippen molar-refractivity contribution in [3.8, 4) is 0 Å². The Hall–Kier alpha value is -1.72. The zero-order valence-corrected chi connectivity index (χ0v) is 15.7. The average molecular weight is 408 g/mol. The molecule has 1 aliphatic rings. The van der Waals surface area contributed by atoms with E-state index in [4.69, 9.17) is 11.6 Å². The Bertz CT molecular complexity index is 892. The molecule has 0 saturated heterocycles. The number of carbonyl (C=O) groups is 2. The largest absolute Gasteiger partial charge is 0.360 e. The Morgan fingerprint density at radius 1 is 1.21 bits per heavy atom. The molecule has 1 heterocycles. The summed E-state index contributed by atoms with van der Waals surface area (Å²) in [6.07, 6.45) is 0.793. The number of benzene rings is 1. The highest BCUT2D eigenvalue weighted by Crippen LogP contribution is 2.29. The number of carbonyl (C=O) groups excluding carboxylic acids is 2. The molecule has 2 aromatic rings. The quantitative estimate of drug-likeness (QED) is 0.784. The van der Waals surface area contributed by atoms with Gasteiger partial charge in [0.2, 0.25) is 0 Å². The number of nitrogens with one attached hydrogen (secondary N) is 1. The van der Waals surface area contributed by atoms with E-state index in [9.17, 15) is 9.59 Å². The lowest BCUT2D eigenvalue weighted by Gasteiger charge is -2.17. The number of allylic oxidation sites excluding steroid dienone is 1. The van der Waals surface area contributed by atoms with Gasteiger partial charge in [0.25, 0.3) is 0 Å². The number of rotatable bonds is 2. The summed E-state index contributed by atoms with van der Waals surface area (Å²) in [5.41, 5.74) is 1.81. The van der Waals surface area contributed by atoms with Crippen LogP contribution in [0.3, 0.4) is 0 Å². The molecule has 1 atom stereocenters. The summed E-state index contributed by atoms with van der Waals surface area (Å²) >= 11 is 9.75. The number of nitrogens with zero attached hydrogens (tertiary/aromatic N) is 1. The second-order valence-corrected chi connectivity index (χ2v) is 7.25. The van der Waals surface area contributed by atoms with Gasteiger partial charge in [0.05, 0.1) is 16.6 Å². The molecular weight excluding hydrogens is 392 g/mol. The maximum absolute atomic E-state index is 12.6. The van der Waals surface area contributed by atoms with Crippen LogP contribution in [0, 0.1) is 0 Å². The molecule has 3 rings (SSSR count). The molecule has 0 aliphatic heterocycles. The summed E-state index contributed by atoms with van der Waals surface area (Å²) < 4.78 is 0.904. The van der Waals surface area contributed by atoms with Crippen LogP contribution < -0.4 is 5.32 Å². The Kier molecular flexibility index (Phi) is 4.74. The zero-order chi connectivity index (χ0) is 17.4. The van der Waals surface area contributed by atoms with E-state index >= 15 is 0 Å². The maximum atomic E-state index is 12.6. The van der Waals surface area contributed by atoms with E-state index in [1.165, 1.54) is 0 Å². The van der Waals surface area contributed by atoms with Crippen LogP contribution in [0.1, 0.15) is 26.7 Å². The van der Waals surface area contributed by atoms with Gasteiger partial charge in [-0.2, -0.15) is 0 Å². The van der Waals surface area contributed by atoms with Crippen molar-refractivity contribution in [2.75, 3.05) is 5.32 Å². The van der Waals surface area contributed by atoms with Crippen LogP contribution in [0.5, 0.6) is 0 Å². The minimum Gasteiger partial charge on any atom is -0.360 e. The van der Waals surface area contributed by atoms with Crippen LogP contribution in [-0.4, -0.2) is 22.6 Å². The predicted molar refractivity (Wildman–Crippen MR) is 99.5 cm³/mol. The molecule has 1 aliphatic carbocycles. The van der Waals surface area contributed by atoms with Crippen molar-refractivity contribution in [2.45, 2.75) is 32.7 Å². The van der Waals surface area contributed by atoms with Gasteiger partial charge in [-0.1, -0.05) is 33.6 Å².